The number of methoxy groups -OCH3 is 3. The lowest BCUT2D eigenvalue weighted by atomic mass is 9.66. The molecule has 186 valence electrons. The molecule has 0 spiro atoms. The van der Waals surface area contributed by atoms with E-state index in [1.165, 1.54) is 12.8 Å². The molecule has 1 amide bonds. The van der Waals surface area contributed by atoms with Gasteiger partial charge in [-0.3, -0.25) is 9.69 Å². The first-order valence-electron chi connectivity index (χ1n) is 12.5. The molecular formula is C26H42N2O5. The van der Waals surface area contributed by atoms with Crippen LogP contribution in [0.4, 0.5) is 0 Å². The monoisotopic (exact) mass is 462 g/mol. The first-order chi connectivity index (χ1) is 16.0. The Morgan fingerprint density at radius 2 is 1.82 bits per heavy atom. The number of unbranched alkanes of at least 4 members (excludes halogenated alkanes) is 3. The molecule has 1 saturated heterocycles. The van der Waals surface area contributed by atoms with Crippen LogP contribution >= 0.6 is 0 Å². The first-order valence-corrected chi connectivity index (χ1v) is 12.5. The van der Waals surface area contributed by atoms with Gasteiger partial charge in [0.2, 0.25) is 11.7 Å². The summed E-state index contributed by atoms with van der Waals surface area (Å²) in [5, 5.41) is 14.6. The maximum Gasteiger partial charge on any atom is 0.234 e. The third-order valence-corrected chi connectivity index (χ3v) is 7.40. The smallest absolute Gasteiger partial charge is 0.234 e. The Morgan fingerprint density at radius 1 is 1.09 bits per heavy atom. The van der Waals surface area contributed by atoms with Crippen LogP contribution < -0.4 is 19.5 Å². The number of carbonyl (C=O) groups excluding carboxylic acids is 1. The van der Waals surface area contributed by atoms with Crippen LogP contribution in [-0.4, -0.2) is 62.5 Å². The summed E-state index contributed by atoms with van der Waals surface area (Å²) in [4.78, 5) is 15.1. The largest absolute Gasteiger partial charge is 0.493 e. The van der Waals surface area contributed by atoms with Crippen molar-refractivity contribution in [3.63, 3.8) is 0 Å². The Hall–Kier alpha value is -1.99. The van der Waals surface area contributed by atoms with Crippen LogP contribution in [0, 0.1) is 5.92 Å². The van der Waals surface area contributed by atoms with Gasteiger partial charge in [-0.1, -0.05) is 39.0 Å². The summed E-state index contributed by atoms with van der Waals surface area (Å²) >= 11 is 0. The van der Waals surface area contributed by atoms with E-state index in [1.54, 1.807) is 21.3 Å². The highest BCUT2D eigenvalue weighted by atomic mass is 16.5. The molecule has 0 radical (unpaired) electrons. The molecule has 1 aromatic carbocycles. The van der Waals surface area contributed by atoms with Gasteiger partial charge in [-0.15, -0.1) is 0 Å². The zero-order valence-corrected chi connectivity index (χ0v) is 20.8. The van der Waals surface area contributed by atoms with Crippen molar-refractivity contribution in [3.05, 3.63) is 17.7 Å². The van der Waals surface area contributed by atoms with Crippen molar-refractivity contribution in [2.45, 2.75) is 76.4 Å². The number of hydrogen-bond acceptors (Lipinski definition) is 6. The van der Waals surface area contributed by atoms with Crippen LogP contribution in [0.25, 0.3) is 0 Å². The summed E-state index contributed by atoms with van der Waals surface area (Å²) in [5.74, 6) is 1.84. The Kier molecular flexibility index (Phi) is 9.27. The van der Waals surface area contributed by atoms with Gasteiger partial charge >= 0.3 is 0 Å². The maximum absolute atomic E-state index is 12.8. The number of hydrogen-bond donors (Lipinski definition) is 2. The van der Waals surface area contributed by atoms with Crippen molar-refractivity contribution in [3.8, 4) is 17.2 Å². The molecule has 2 unspecified atom stereocenters. The molecule has 1 aliphatic heterocycles. The molecule has 3 rings (SSSR count). The van der Waals surface area contributed by atoms with Crippen LogP contribution in [-0.2, 0) is 4.79 Å². The average Bonchev–Trinajstić information content (AvgIpc) is 2.82. The lowest BCUT2D eigenvalue weighted by molar-refractivity contribution is -0.137. The van der Waals surface area contributed by atoms with Gasteiger partial charge in [-0.25, -0.2) is 0 Å². The minimum absolute atomic E-state index is 0.0465. The average molecular weight is 463 g/mol. The highest BCUT2D eigenvalue weighted by Gasteiger charge is 2.49. The molecule has 7 nitrogen and oxygen atoms in total. The van der Waals surface area contributed by atoms with Gasteiger partial charge in [0.15, 0.2) is 11.5 Å². The van der Waals surface area contributed by atoms with Crippen LogP contribution in [0.5, 0.6) is 17.2 Å². The van der Waals surface area contributed by atoms with Crippen molar-refractivity contribution < 1.29 is 24.1 Å². The van der Waals surface area contributed by atoms with Crippen LogP contribution in [0.2, 0.25) is 0 Å². The number of amides is 1. The molecule has 1 heterocycles. The second-order valence-corrected chi connectivity index (χ2v) is 9.49. The molecule has 2 N–H and O–H groups in total. The summed E-state index contributed by atoms with van der Waals surface area (Å²) in [6.07, 6.45) is 9.12. The fraction of sp³-hybridized carbons (Fsp3) is 0.731. The highest BCUT2D eigenvalue weighted by Crippen LogP contribution is 2.51. The predicted molar refractivity (Wildman–Crippen MR) is 129 cm³/mol. The van der Waals surface area contributed by atoms with Gasteiger partial charge in [0, 0.05) is 25.0 Å². The fourth-order valence-electron chi connectivity index (χ4n) is 5.65. The van der Waals surface area contributed by atoms with Crippen molar-refractivity contribution in [2.75, 3.05) is 41.0 Å². The van der Waals surface area contributed by atoms with Crippen LogP contribution in [0.15, 0.2) is 12.1 Å². The van der Waals surface area contributed by atoms with Crippen molar-refractivity contribution in [1.29, 1.82) is 0 Å². The summed E-state index contributed by atoms with van der Waals surface area (Å²) in [7, 11) is 4.82. The normalized spacial score (nSPS) is 25.2. The van der Waals surface area contributed by atoms with Gasteiger partial charge in [0.1, 0.15) is 0 Å². The third-order valence-electron chi connectivity index (χ3n) is 7.40. The number of aliphatic hydroxyl groups is 1. The van der Waals surface area contributed by atoms with Crippen LogP contribution in [0.3, 0.4) is 0 Å². The Bertz CT molecular complexity index is 761. The summed E-state index contributed by atoms with van der Waals surface area (Å²) in [6.45, 7) is 3.90. The number of rotatable bonds is 11. The van der Waals surface area contributed by atoms with E-state index < -0.39 is 5.60 Å². The second kappa shape index (κ2) is 11.9. The van der Waals surface area contributed by atoms with E-state index in [0.29, 0.717) is 36.8 Å². The quantitative estimate of drug-likeness (QED) is 0.483. The summed E-state index contributed by atoms with van der Waals surface area (Å²) in [5.41, 5.74) is 0.293. The van der Waals surface area contributed by atoms with E-state index in [-0.39, 0.29) is 17.9 Å². The van der Waals surface area contributed by atoms with Gasteiger partial charge in [0.05, 0.1) is 33.5 Å². The van der Waals surface area contributed by atoms with Crippen molar-refractivity contribution >= 4 is 5.91 Å². The molecule has 0 bridgehead atoms. The number of nitrogens with one attached hydrogen (secondary N) is 1. The van der Waals surface area contributed by atoms with E-state index >= 15 is 0 Å². The maximum atomic E-state index is 12.8. The minimum atomic E-state index is -0.698. The Morgan fingerprint density at radius 3 is 2.45 bits per heavy atom. The van der Waals surface area contributed by atoms with Crippen molar-refractivity contribution in [2.24, 2.45) is 5.92 Å². The topological polar surface area (TPSA) is 80.3 Å². The van der Waals surface area contributed by atoms with Crippen LogP contribution in [0.1, 0.15) is 76.3 Å². The molecular weight excluding hydrogens is 420 g/mol. The van der Waals surface area contributed by atoms with E-state index in [0.717, 1.165) is 50.6 Å². The highest BCUT2D eigenvalue weighted by molar-refractivity contribution is 5.78. The molecule has 7 heteroatoms. The number of nitrogens with zero attached hydrogens (tertiary/aromatic N) is 1. The summed E-state index contributed by atoms with van der Waals surface area (Å²) < 4.78 is 16.7. The predicted octanol–water partition coefficient (Wildman–Crippen LogP) is 4.08. The standard InChI is InChI=1S/C26H42N2O5/c1-5-6-7-10-14-27-23(29)18-28-15-13-26(30)12-9-8-11-20(26)24(28)19-16-21(31-2)25(33-4)22(17-19)32-3/h16-17,20,24,30H,5-15,18H2,1-4H3,(H,27,29)/t20?,24-,26?/m0/s1. The molecule has 1 aromatic rings. The number of benzene rings is 1. The van der Waals surface area contributed by atoms with E-state index in [1.807, 2.05) is 12.1 Å². The molecule has 3 atom stereocenters. The van der Waals surface area contributed by atoms with Crippen molar-refractivity contribution in [1.82, 2.24) is 10.2 Å². The molecule has 33 heavy (non-hydrogen) atoms. The number of fused-ring (bicyclic) bond motifs is 1. The van der Waals surface area contributed by atoms with Gasteiger partial charge < -0.3 is 24.6 Å². The molecule has 0 aromatic heterocycles. The lowest BCUT2D eigenvalue weighted by Crippen LogP contribution is -2.56. The fourth-order valence-corrected chi connectivity index (χ4v) is 5.65. The molecule has 2 fully saturated rings. The van der Waals surface area contributed by atoms with Gasteiger partial charge in [-0.05, 0) is 43.4 Å². The third kappa shape index (κ3) is 5.93. The van der Waals surface area contributed by atoms with E-state index in [2.05, 4.69) is 17.1 Å². The molecule has 2 aliphatic rings. The van der Waals surface area contributed by atoms with Gasteiger partial charge in [0.25, 0.3) is 0 Å². The number of ether oxygens (including phenoxy) is 3. The summed E-state index contributed by atoms with van der Waals surface area (Å²) in [6, 6.07) is 3.85. The second-order valence-electron chi connectivity index (χ2n) is 9.49. The number of piperidine rings is 1. The van der Waals surface area contributed by atoms with E-state index in [4.69, 9.17) is 14.2 Å². The Balaban J connectivity index is 1.86. The first kappa shape index (κ1) is 25.6. The molecule has 1 saturated carbocycles. The van der Waals surface area contributed by atoms with E-state index in [9.17, 15) is 9.90 Å². The zero-order valence-electron chi connectivity index (χ0n) is 20.8. The molecule has 1 aliphatic carbocycles. The zero-order chi connectivity index (χ0) is 23.8. The number of likely N-dealkylation sites (tertiary alicyclic amines) is 1. The SMILES string of the molecule is CCCCCCNC(=O)CN1CCC2(O)CCCCC2[C@@H]1c1cc(OC)c(OC)c(OC)c1. The number of carbonyl (C=O) groups is 1. The Labute approximate surface area is 198 Å². The minimum Gasteiger partial charge on any atom is -0.493 e. The lowest BCUT2D eigenvalue weighted by Gasteiger charge is -2.52. The van der Waals surface area contributed by atoms with Gasteiger partial charge in [-0.2, -0.15) is 0 Å².